The van der Waals surface area contributed by atoms with Gasteiger partial charge in [0, 0.05) is 17.2 Å². The summed E-state index contributed by atoms with van der Waals surface area (Å²) in [6.07, 6.45) is 4.06. The van der Waals surface area contributed by atoms with Crippen LogP contribution in [0.1, 0.15) is 25.7 Å². The molecule has 4 rings (SSSR count). The Hall–Kier alpha value is -3.28. The Labute approximate surface area is 158 Å². The Morgan fingerprint density at radius 3 is 2.15 bits per heavy atom. The average Bonchev–Trinajstić information content (AvgIpc) is 3.24. The smallest absolute Gasteiger partial charge is 0.234 e. The number of hydrogen-bond acceptors (Lipinski definition) is 5. The summed E-state index contributed by atoms with van der Waals surface area (Å²) in [5.74, 6) is 1.23. The van der Waals surface area contributed by atoms with Gasteiger partial charge in [-0.15, -0.1) is 0 Å². The molecule has 1 fully saturated rings. The maximum absolute atomic E-state index is 12.5. The number of nitrogens with zero attached hydrogens (tertiary/aromatic N) is 3. The van der Waals surface area contributed by atoms with Crippen molar-refractivity contribution in [2.45, 2.75) is 25.7 Å². The van der Waals surface area contributed by atoms with Gasteiger partial charge in [0.15, 0.2) is 5.82 Å². The molecule has 1 amide bonds. The largest absolute Gasteiger partial charge is 0.324 e. The maximum Gasteiger partial charge on any atom is 0.234 e. The Bertz CT molecular complexity index is 908. The predicted molar refractivity (Wildman–Crippen MR) is 106 cm³/mol. The lowest BCUT2D eigenvalue weighted by molar-refractivity contribution is -0.119. The number of para-hydroxylation sites is 1. The van der Waals surface area contributed by atoms with Crippen LogP contribution in [-0.4, -0.2) is 20.9 Å². The highest BCUT2D eigenvalue weighted by Crippen LogP contribution is 2.26. The molecule has 2 N–H and O–H groups in total. The third kappa shape index (κ3) is 4.28. The lowest BCUT2D eigenvalue weighted by atomic mass is 10.1. The topological polar surface area (TPSA) is 79.8 Å². The summed E-state index contributed by atoms with van der Waals surface area (Å²) < 4.78 is 0. The molecular formula is C21H21N5O. The number of carbonyl (C=O) groups is 1. The van der Waals surface area contributed by atoms with E-state index in [-0.39, 0.29) is 17.8 Å². The Kier molecular flexibility index (Phi) is 5.05. The molecule has 2 aromatic carbocycles. The van der Waals surface area contributed by atoms with Gasteiger partial charge in [0.2, 0.25) is 17.8 Å². The first-order chi connectivity index (χ1) is 13.3. The maximum atomic E-state index is 12.5. The van der Waals surface area contributed by atoms with Crippen LogP contribution in [0.25, 0.3) is 11.4 Å². The first kappa shape index (κ1) is 17.1. The van der Waals surface area contributed by atoms with Crippen molar-refractivity contribution >= 4 is 23.5 Å². The van der Waals surface area contributed by atoms with Crippen LogP contribution < -0.4 is 10.6 Å². The summed E-state index contributed by atoms with van der Waals surface area (Å²) >= 11 is 0. The summed E-state index contributed by atoms with van der Waals surface area (Å²) in [5, 5.41) is 6.06. The fourth-order valence-corrected chi connectivity index (χ4v) is 3.25. The molecule has 6 heteroatoms. The minimum absolute atomic E-state index is 0.0108. The third-order valence-electron chi connectivity index (χ3n) is 4.66. The zero-order valence-corrected chi connectivity index (χ0v) is 14.9. The van der Waals surface area contributed by atoms with Gasteiger partial charge in [-0.3, -0.25) is 10.1 Å². The van der Waals surface area contributed by atoms with E-state index in [1.807, 2.05) is 60.7 Å². The van der Waals surface area contributed by atoms with Gasteiger partial charge in [0.1, 0.15) is 0 Å². The van der Waals surface area contributed by atoms with Gasteiger partial charge in [0.05, 0.1) is 0 Å². The van der Waals surface area contributed by atoms with E-state index < -0.39 is 0 Å². The number of hydrogen-bond donors (Lipinski definition) is 2. The van der Waals surface area contributed by atoms with Gasteiger partial charge in [-0.2, -0.15) is 15.0 Å². The highest BCUT2D eigenvalue weighted by molar-refractivity contribution is 5.91. The molecule has 1 aromatic heterocycles. The summed E-state index contributed by atoms with van der Waals surface area (Å²) in [5.41, 5.74) is 1.74. The van der Waals surface area contributed by atoms with E-state index in [1.54, 1.807) is 0 Å². The first-order valence-electron chi connectivity index (χ1n) is 9.22. The number of benzene rings is 2. The number of aromatic nitrogens is 3. The number of rotatable bonds is 5. The van der Waals surface area contributed by atoms with Crippen LogP contribution in [0.2, 0.25) is 0 Å². The minimum atomic E-state index is -0.0108. The van der Waals surface area contributed by atoms with Gasteiger partial charge < -0.3 is 5.32 Å². The number of carbonyl (C=O) groups excluding carboxylic acids is 1. The van der Waals surface area contributed by atoms with Crippen LogP contribution in [0.5, 0.6) is 0 Å². The van der Waals surface area contributed by atoms with Gasteiger partial charge >= 0.3 is 0 Å². The summed E-state index contributed by atoms with van der Waals surface area (Å²) in [7, 11) is 0. The molecule has 6 nitrogen and oxygen atoms in total. The molecule has 27 heavy (non-hydrogen) atoms. The molecule has 0 unspecified atom stereocenters. The van der Waals surface area contributed by atoms with Crippen LogP contribution in [0.15, 0.2) is 60.7 Å². The summed E-state index contributed by atoms with van der Waals surface area (Å²) in [6.45, 7) is 0. The van der Waals surface area contributed by atoms with Crippen molar-refractivity contribution < 1.29 is 4.79 Å². The number of amides is 1. The third-order valence-corrected chi connectivity index (χ3v) is 4.66. The van der Waals surface area contributed by atoms with Gasteiger partial charge in [0.25, 0.3) is 0 Å². The van der Waals surface area contributed by atoms with Gasteiger partial charge in [-0.05, 0) is 25.0 Å². The highest BCUT2D eigenvalue weighted by atomic mass is 16.2. The van der Waals surface area contributed by atoms with Gasteiger partial charge in [-0.25, -0.2) is 0 Å². The van der Waals surface area contributed by atoms with E-state index in [9.17, 15) is 4.79 Å². The SMILES string of the molecule is O=C(Nc1nc(Nc2ccccc2)nc(-c2ccccc2)n1)C1CCCC1. The highest BCUT2D eigenvalue weighted by Gasteiger charge is 2.23. The molecule has 0 atom stereocenters. The van der Waals surface area contributed by atoms with E-state index in [0.717, 1.165) is 36.9 Å². The molecule has 1 aliphatic carbocycles. The molecule has 0 radical (unpaired) electrons. The van der Waals surface area contributed by atoms with E-state index in [0.29, 0.717) is 11.8 Å². The normalized spacial score (nSPS) is 14.1. The zero-order chi connectivity index (χ0) is 18.5. The van der Waals surface area contributed by atoms with Crippen molar-refractivity contribution in [3.63, 3.8) is 0 Å². The molecule has 3 aromatic rings. The van der Waals surface area contributed by atoms with Crippen LogP contribution in [-0.2, 0) is 4.79 Å². The second kappa shape index (κ2) is 7.95. The summed E-state index contributed by atoms with van der Waals surface area (Å²) in [6, 6.07) is 19.4. The van der Waals surface area contributed by atoms with Crippen molar-refractivity contribution in [1.29, 1.82) is 0 Å². The fourth-order valence-electron chi connectivity index (χ4n) is 3.25. The van der Waals surface area contributed by atoms with E-state index in [2.05, 4.69) is 25.6 Å². The number of anilines is 3. The molecule has 0 aliphatic heterocycles. The van der Waals surface area contributed by atoms with Gasteiger partial charge in [-0.1, -0.05) is 61.4 Å². The van der Waals surface area contributed by atoms with Crippen molar-refractivity contribution in [2.24, 2.45) is 5.92 Å². The summed E-state index contributed by atoms with van der Waals surface area (Å²) in [4.78, 5) is 25.9. The lowest BCUT2D eigenvalue weighted by Crippen LogP contribution is -2.22. The van der Waals surface area contributed by atoms with Crippen LogP contribution in [0.4, 0.5) is 17.6 Å². The zero-order valence-electron chi connectivity index (χ0n) is 14.9. The molecular weight excluding hydrogens is 338 g/mol. The molecule has 1 saturated carbocycles. The van der Waals surface area contributed by atoms with Crippen molar-refractivity contribution in [3.05, 3.63) is 60.7 Å². The van der Waals surface area contributed by atoms with Crippen molar-refractivity contribution in [1.82, 2.24) is 15.0 Å². The Morgan fingerprint density at radius 2 is 1.44 bits per heavy atom. The first-order valence-corrected chi connectivity index (χ1v) is 9.22. The van der Waals surface area contributed by atoms with E-state index >= 15 is 0 Å². The van der Waals surface area contributed by atoms with E-state index in [1.165, 1.54) is 0 Å². The monoisotopic (exact) mass is 359 g/mol. The van der Waals surface area contributed by atoms with Crippen LogP contribution >= 0.6 is 0 Å². The second-order valence-corrected chi connectivity index (χ2v) is 6.63. The molecule has 0 saturated heterocycles. The molecule has 1 aliphatic rings. The minimum Gasteiger partial charge on any atom is -0.324 e. The molecule has 1 heterocycles. The van der Waals surface area contributed by atoms with Crippen molar-refractivity contribution in [2.75, 3.05) is 10.6 Å². The molecule has 136 valence electrons. The number of nitrogens with one attached hydrogen (secondary N) is 2. The average molecular weight is 359 g/mol. The molecule has 0 bridgehead atoms. The fraction of sp³-hybridized carbons (Fsp3) is 0.238. The van der Waals surface area contributed by atoms with Crippen molar-refractivity contribution in [3.8, 4) is 11.4 Å². The van der Waals surface area contributed by atoms with E-state index in [4.69, 9.17) is 0 Å². The Balaban J connectivity index is 1.64. The predicted octanol–water partition coefficient (Wildman–Crippen LogP) is 4.41. The second-order valence-electron chi connectivity index (χ2n) is 6.63. The lowest BCUT2D eigenvalue weighted by Gasteiger charge is -2.12. The standard InChI is InChI=1S/C21H21N5O/c27-19(16-11-7-8-12-16)25-21-24-18(15-9-3-1-4-10-15)23-20(26-21)22-17-13-5-2-6-14-17/h1-6,9-10,13-14,16H,7-8,11-12H2,(H2,22,23,24,25,26,27). The molecule has 0 spiro atoms. The van der Waals surface area contributed by atoms with Crippen LogP contribution in [0.3, 0.4) is 0 Å². The quantitative estimate of drug-likeness (QED) is 0.705. The van der Waals surface area contributed by atoms with Crippen LogP contribution in [0, 0.1) is 5.92 Å². The Morgan fingerprint density at radius 1 is 0.815 bits per heavy atom.